The highest BCUT2D eigenvalue weighted by molar-refractivity contribution is 6.03. The minimum Gasteiger partial charge on any atom is -0.507 e. The van der Waals surface area contributed by atoms with E-state index in [1.54, 1.807) is 12.1 Å². The van der Waals surface area contributed by atoms with E-state index in [4.69, 9.17) is 13.3 Å². The third-order valence-corrected chi connectivity index (χ3v) is 10.2. The van der Waals surface area contributed by atoms with Gasteiger partial charge in [0, 0.05) is 58.1 Å². The van der Waals surface area contributed by atoms with Crippen molar-refractivity contribution in [3.63, 3.8) is 0 Å². The van der Waals surface area contributed by atoms with Gasteiger partial charge in [-0.3, -0.25) is 14.4 Å². The highest BCUT2D eigenvalue weighted by atomic mass is 16.4. The molecule has 0 aliphatic rings. The summed E-state index contributed by atoms with van der Waals surface area (Å²) in [6.07, 6.45) is 0. The first kappa shape index (κ1) is 37.5. The van der Waals surface area contributed by atoms with Gasteiger partial charge in [0.2, 0.25) is 0 Å². The van der Waals surface area contributed by atoms with Crippen molar-refractivity contribution in [1.29, 1.82) is 0 Å². The summed E-state index contributed by atoms with van der Waals surface area (Å²) in [7, 11) is 0. The Hall–Kier alpha value is -9.05. The van der Waals surface area contributed by atoms with Gasteiger partial charge in [0.15, 0.2) is 50.8 Å². The van der Waals surface area contributed by atoms with Gasteiger partial charge in [-0.1, -0.05) is 12.1 Å². The van der Waals surface area contributed by atoms with E-state index in [0.717, 1.165) is 60.7 Å². The molecule has 0 saturated heterocycles. The van der Waals surface area contributed by atoms with Crippen LogP contribution >= 0.6 is 0 Å². The summed E-state index contributed by atoms with van der Waals surface area (Å²) in [5, 5.41) is 108. The summed E-state index contributed by atoms with van der Waals surface area (Å²) in [5.74, 6) is -8.36. The van der Waals surface area contributed by atoms with Crippen LogP contribution in [0.15, 0.2) is 125 Å². The van der Waals surface area contributed by atoms with Crippen molar-refractivity contribution in [2.45, 2.75) is 0 Å². The van der Waals surface area contributed by atoms with Crippen LogP contribution in [0.25, 0.3) is 89.1 Å². The van der Waals surface area contributed by atoms with E-state index in [2.05, 4.69) is 0 Å². The first-order valence-electron chi connectivity index (χ1n) is 17.8. The number of rotatable bonds is 5. The molecule has 0 amide bonds. The fourth-order valence-electron chi connectivity index (χ4n) is 7.34. The first-order valence-corrected chi connectivity index (χ1v) is 17.8. The van der Waals surface area contributed by atoms with Gasteiger partial charge >= 0.3 is 0 Å². The number of benzene rings is 6. The van der Waals surface area contributed by atoms with Gasteiger partial charge in [-0.05, 0) is 54.6 Å². The molecule has 10 N–H and O–H groups in total. The van der Waals surface area contributed by atoms with Crippen molar-refractivity contribution in [3.05, 3.63) is 128 Å². The Morgan fingerprint density at radius 1 is 0.344 bits per heavy atom. The van der Waals surface area contributed by atoms with Gasteiger partial charge in [-0.25, -0.2) is 0 Å². The highest BCUT2D eigenvalue weighted by Gasteiger charge is 2.30. The molecule has 6 aromatic carbocycles. The molecule has 9 aromatic rings. The van der Waals surface area contributed by atoms with E-state index in [1.807, 2.05) is 0 Å². The van der Waals surface area contributed by atoms with E-state index in [9.17, 15) is 65.4 Å². The number of hydrogen-bond acceptors (Lipinski definition) is 16. The van der Waals surface area contributed by atoms with E-state index in [0.29, 0.717) is 0 Å². The monoisotopic (exact) mass is 822 g/mol. The van der Waals surface area contributed by atoms with E-state index >= 15 is 0 Å². The summed E-state index contributed by atoms with van der Waals surface area (Å²) in [6.45, 7) is 0. The third kappa shape index (κ3) is 5.81. The fraction of sp³-hybridized carbons (Fsp3) is 0. The summed E-state index contributed by atoms with van der Waals surface area (Å²) >= 11 is 0. The SMILES string of the molecule is O=c1cc(-c2ccc(O)c(O)c2-c2c(O)cc3oc(-c4ccc(O)c(O)c4-c4c(O)cc5oc(-c6ccc(O)c(O)c6)cc(=O)c5c4O)cc(=O)c3c2O)oc2ccccc12. The summed E-state index contributed by atoms with van der Waals surface area (Å²) < 4.78 is 17.7. The fourth-order valence-corrected chi connectivity index (χ4v) is 7.34. The molecule has 0 unspecified atom stereocenters. The van der Waals surface area contributed by atoms with Crippen molar-refractivity contribution < 1.29 is 64.3 Å². The lowest BCUT2D eigenvalue weighted by Gasteiger charge is -2.18. The van der Waals surface area contributed by atoms with Crippen LogP contribution in [0.3, 0.4) is 0 Å². The normalized spacial score (nSPS) is 11.5. The average molecular weight is 823 g/mol. The van der Waals surface area contributed by atoms with Gasteiger partial charge in [-0.2, -0.15) is 0 Å². The van der Waals surface area contributed by atoms with Crippen molar-refractivity contribution in [3.8, 4) is 114 Å². The van der Waals surface area contributed by atoms with Gasteiger partial charge in [0.05, 0.1) is 16.5 Å². The van der Waals surface area contributed by atoms with Crippen LogP contribution < -0.4 is 16.3 Å². The zero-order chi connectivity index (χ0) is 43.2. The highest BCUT2D eigenvalue weighted by Crippen LogP contribution is 2.54. The number of fused-ring (bicyclic) bond motifs is 3. The minimum absolute atomic E-state index is 0.0757. The Morgan fingerprint density at radius 3 is 1.34 bits per heavy atom. The Balaban J connectivity index is 1.22. The maximum Gasteiger partial charge on any atom is 0.197 e. The smallest absolute Gasteiger partial charge is 0.197 e. The van der Waals surface area contributed by atoms with Gasteiger partial charge in [-0.15, -0.1) is 0 Å². The van der Waals surface area contributed by atoms with Gasteiger partial charge < -0.3 is 64.3 Å². The summed E-state index contributed by atoms with van der Waals surface area (Å²) in [6, 6.07) is 19.1. The van der Waals surface area contributed by atoms with E-state index in [-0.39, 0.29) is 44.8 Å². The van der Waals surface area contributed by atoms with Crippen molar-refractivity contribution in [2.75, 3.05) is 0 Å². The Bertz CT molecular complexity index is 3560. The molecular formula is C45H26O16. The molecule has 16 nitrogen and oxygen atoms in total. The predicted octanol–water partition coefficient (Wildman–Crippen LogP) is 7.40. The molecule has 0 aliphatic heterocycles. The minimum atomic E-state index is -0.979. The lowest BCUT2D eigenvalue weighted by Crippen LogP contribution is -2.04. The van der Waals surface area contributed by atoms with Crippen LogP contribution in [0, 0.1) is 0 Å². The Kier molecular flexibility index (Phi) is 8.32. The number of phenols is 10. The van der Waals surface area contributed by atoms with Crippen LogP contribution in [0.4, 0.5) is 0 Å². The zero-order valence-corrected chi connectivity index (χ0v) is 30.7. The van der Waals surface area contributed by atoms with Crippen molar-refractivity contribution in [2.24, 2.45) is 0 Å². The Labute approximate surface area is 338 Å². The van der Waals surface area contributed by atoms with Crippen LogP contribution in [0.1, 0.15) is 0 Å². The number of aromatic hydroxyl groups is 10. The number of para-hydroxylation sites is 1. The standard InChI is InChI=1S/C45H26O16/c46-21-8-5-17(11-25(21)50)31-13-26(51)38-34(60-31)15-28(53)40(44(38)57)37-20(7-10-23(48)43(37)56)33-14-27(52)39-35(61-33)16-29(54)41(45(39)58)36-19(6-9-22(47)42(36)55)32-12-24(49)18-3-1-2-4-30(18)59-32/h1-16,46-48,50,53-58H. The molecule has 9 rings (SSSR count). The molecule has 16 heteroatoms. The van der Waals surface area contributed by atoms with Crippen LogP contribution in [0.5, 0.6) is 57.5 Å². The molecule has 61 heavy (non-hydrogen) atoms. The lowest BCUT2D eigenvalue weighted by atomic mass is 9.92. The predicted molar refractivity (Wildman–Crippen MR) is 218 cm³/mol. The summed E-state index contributed by atoms with van der Waals surface area (Å²) in [4.78, 5) is 40.4. The first-order chi connectivity index (χ1) is 29.1. The van der Waals surface area contributed by atoms with Crippen LogP contribution in [-0.2, 0) is 0 Å². The molecule has 0 radical (unpaired) electrons. The second kappa shape index (κ2) is 13.5. The maximum atomic E-state index is 14.0. The molecule has 3 heterocycles. The number of hydrogen-bond donors (Lipinski definition) is 10. The molecule has 0 aliphatic carbocycles. The van der Waals surface area contributed by atoms with E-state index in [1.165, 1.54) is 24.3 Å². The molecule has 3 aromatic heterocycles. The van der Waals surface area contributed by atoms with Crippen LogP contribution in [0.2, 0.25) is 0 Å². The molecule has 302 valence electrons. The second-order valence-corrected chi connectivity index (χ2v) is 13.8. The van der Waals surface area contributed by atoms with Crippen molar-refractivity contribution in [1.82, 2.24) is 0 Å². The molecule has 0 atom stereocenters. The summed E-state index contributed by atoms with van der Waals surface area (Å²) in [5.41, 5.74) is -5.29. The van der Waals surface area contributed by atoms with Gasteiger partial charge in [0.1, 0.15) is 67.8 Å². The second-order valence-electron chi connectivity index (χ2n) is 13.8. The molecule has 0 saturated carbocycles. The number of phenolic OH excluding ortho intramolecular Hbond substituents is 10. The molecule has 0 fully saturated rings. The average Bonchev–Trinajstić information content (AvgIpc) is 3.21. The van der Waals surface area contributed by atoms with Crippen LogP contribution in [-0.4, -0.2) is 51.1 Å². The topological polar surface area (TPSA) is 293 Å². The zero-order valence-electron chi connectivity index (χ0n) is 30.7. The van der Waals surface area contributed by atoms with E-state index < -0.39 is 118 Å². The Morgan fingerprint density at radius 2 is 0.803 bits per heavy atom. The molecule has 0 bridgehead atoms. The largest absolute Gasteiger partial charge is 0.507 e. The van der Waals surface area contributed by atoms with Gasteiger partial charge in [0.25, 0.3) is 0 Å². The maximum absolute atomic E-state index is 14.0. The lowest BCUT2D eigenvalue weighted by molar-refractivity contribution is 0.403. The third-order valence-electron chi connectivity index (χ3n) is 10.2. The van der Waals surface area contributed by atoms with Crippen molar-refractivity contribution >= 4 is 32.9 Å². The quantitative estimate of drug-likeness (QED) is 0.0756. The molecule has 0 spiro atoms. The molecular weight excluding hydrogens is 796 g/mol.